The van der Waals surface area contributed by atoms with Crippen LogP contribution in [0.5, 0.6) is 0 Å². The van der Waals surface area contributed by atoms with Gasteiger partial charge in [-0.15, -0.1) is 0 Å². The van der Waals surface area contributed by atoms with Crippen molar-refractivity contribution in [3.05, 3.63) is 0 Å². The highest BCUT2D eigenvalue weighted by Crippen LogP contribution is 2.12. The van der Waals surface area contributed by atoms with Gasteiger partial charge in [0.2, 0.25) is 0 Å². The van der Waals surface area contributed by atoms with E-state index in [1.165, 1.54) is 25.9 Å². The van der Waals surface area contributed by atoms with E-state index in [9.17, 15) is 0 Å². The molecule has 0 aromatic heterocycles. The van der Waals surface area contributed by atoms with Crippen molar-refractivity contribution in [3.63, 3.8) is 0 Å². The first-order valence-corrected chi connectivity index (χ1v) is 7.32. The van der Waals surface area contributed by atoms with Crippen molar-refractivity contribution in [1.29, 1.82) is 0 Å². The fourth-order valence-electron chi connectivity index (χ4n) is 2.86. The van der Waals surface area contributed by atoms with E-state index in [1.807, 2.05) is 7.11 Å². The Bertz CT molecular complexity index is 297. The Labute approximate surface area is 135 Å². The predicted octanol–water partition coefficient (Wildman–Crippen LogP) is -2.97. The maximum atomic E-state index is 5.38. The largest absolute Gasteiger partial charge is 1.00 e. The lowest BCUT2D eigenvalue weighted by Gasteiger charge is -2.29. The Hall–Kier alpha value is 0.170. The number of nitrogens with zero attached hydrogens (tertiary/aromatic N) is 1. The zero-order valence-corrected chi connectivity index (χ0v) is 14.4. The lowest BCUT2D eigenvalue weighted by Crippen LogP contribution is -3.10. The number of methoxy groups -OCH3 is 1. The Balaban J connectivity index is 0.00000180. The minimum atomic E-state index is 0. The lowest BCUT2D eigenvalue weighted by atomic mass is 9.98. The summed E-state index contributed by atoms with van der Waals surface area (Å²) in [7, 11) is 4.10. The summed E-state index contributed by atoms with van der Waals surface area (Å²) in [5.41, 5.74) is 0. The fourth-order valence-corrected chi connectivity index (χ4v) is 2.86. The van der Waals surface area contributed by atoms with Gasteiger partial charge in [0.15, 0.2) is 0 Å². The second kappa shape index (κ2) is 9.17. The first-order chi connectivity index (χ1) is 8.78. The second-order valence-corrected chi connectivity index (χ2v) is 5.76. The summed E-state index contributed by atoms with van der Waals surface area (Å²) < 4.78 is 5.38. The van der Waals surface area contributed by atoms with E-state index in [2.05, 4.69) is 23.8 Å². The van der Waals surface area contributed by atoms with Crippen LogP contribution in [0, 0.1) is 17.8 Å². The smallest absolute Gasteiger partial charge is 0.0780 e. The molecule has 0 radical (unpaired) electrons. The van der Waals surface area contributed by atoms with Gasteiger partial charge in [0.25, 0.3) is 0 Å². The van der Waals surface area contributed by atoms with Crippen molar-refractivity contribution in [1.82, 2.24) is 4.90 Å². The molecule has 1 N–H and O–H groups in total. The molecule has 2 aliphatic heterocycles. The summed E-state index contributed by atoms with van der Waals surface area (Å²) in [5.74, 6) is 7.53. The summed E-state index contributed by atoms with van der Waals surface area (Å²) in [6, 6.07) is 0. The summed E-state index contributed by atoms with van der Waals surface area (Å²) >= 11 is 0. The highest BCUT2D eigenvalue weighted by atomic mass is 127. The number of likely N-dealkylation sites (tertiary alicyclic amines) is 2. The van der Waals surface area contributed by atoms with Crippen molar-refractivity contribution < 1.29 is 33.6 Å². The molecule has 0 bridgehead atoms. The number of hydrogen-bond donors (Lipinski definition) is 1. The van der Waals surface area contributed by atoms with E-state index in [0.29, 0.717) is 12.0 Å². The van der Waals surface area contributed by atoms with Gasteiger partial charge in [0.1, 0.15) is 0 Å². The van der Waals surface area contributed by atoms with Crippen molar-refractivity contribution in [2.24, 2.45) is 5.92 Å². The molecule has 0 spiro atoms. The summed E-state index contributed by atoms with van der Waals surface area (Å²) in [6.07, 6.45) is 5.37. The van der Waals surface area contributed by atoms with Gasteiger partial charge in [-0.2, -0.15) is 0 Å². The first-order valence-electron chi connectivity index (χ1n) is 7.32. The van der Waals surface area contributed by atoms with Gasteiger partial charge in [0, 0.05) is 39.0 Å². The number of nitrogens with one attached hydrogen (secondary N) is 1. The maximum absolute atomic E-state index is 5.38. The van der Waals surface area contributed by atoms with Crippen LogP contribution < -0.4 is 28.9 Å². The Morgan fingerprint density at radius 2 is 1.79 bits per heavy atom. The molecule has 0 aromatic carbocycles. The molecule has 2 fully saturated rings. The Morgan fingerprint density at radius 3 is 2.37 bits per heavy atom. The van der Waals surface area contributed by atoms with Crippen LogP contribution in [0.3, 0.4) is 0 Å². The van der Waals surface area contributed by atoms with E-state index in [4.69, 9.17) is 4.74 Å². The van der Waals surface area contributed by atoms with E-state index in [1.54, 1.807) is 4.90 Å². The number of halogens is 1. The quantitative estimate of drug-likeness (QED) is 0.408. The monoisotopic (exact) mass is 378 g/mol. The number of ether oxygens (including phenoxy) is 1. The molecule has 0 aliphatic carbocycles. The molecule has 2 heterocycles. The van der Waals surface area contributed by atoms with Crippen LogP contribution in [0.2, 0.25) is 0 Å². The normalized spacial score (nSPS) is 29.2. The van der Waals surface area contributed by atoms with Gasteiger partial charge in [-0.05, 0) is 12.8 Å². The molecule has 0 unspecified atom stereocenters. The van der Waals surface area contributed by atoms with Crippen LogP contribution in [0.25, 0.3) is 0 Å². The van der Waals surface area contributed by atoms with E-state index < -0.39 is 0 Å². The summed E-state index contributed by atoms with van der Waals surface area (Å²) in [6.45, 7) is 5.82. The van der Waals surface area contributed by atoms with Crippen LogP contribution in [0.4, 0.5) is 0 Å². The van der Waals surface area contributed by atoms with Gasteiger partial charge in [-0.25, -0.2) is 0 Å². The average Bonchev–Trinajstić information content (AvgIpc) is 2.42. The highest BCUT2D eigenvalue weighted by Gasteiger charge is 2.18. The standard InChI is InChI=1S/C15H26N2O.HI/c1-16-10-5-14(6-11-16)4-3-9-17-12-7-15(18-2)8-13-17;/h14-15H,5-13H2,1-2H3;1H. The highest BCUT2D eigenvalue weighted by molar-refractivity contribution is 5.06. The van der Waals surface area contributed by atoms with Crippen LogP contribution in [-0.2, 0) is 4.74 Å². The van der Waals surface area contributed by atoms with Crippen molar-refractivity contribution in [2.75, 3.05) is 46.9 Å². The maximum Gasteiger partial charge on any atom is 0.0780 e. The van der Waals surface area contributed by atoms with Gasteiger partial charge in [-0.1, -0.05) is 11.8 Å². The zero-order valence-electron chi connectivity index (χ0n) is 12.3. The molecule has 0 amide bonds. The van der Waals surface area contributed by atoms with Gasteiger partial charge >= 0.3 is 0 Å². The molecule has 2 saturated heterocycles. The second-order valence-electron chi connectivity index (χ2n) is 5.76. The molecule has 4 heteroatoms. The van der Waals surface area contributed by atoms with Crippen LogP contribution >= 0.6 is 0 Å². The average molecular weight is 378 g/mol. The van der Waals surface area contributed by atoms with Crippen molar-refractivity contribution in [3.8, 4) is 11.8 Å². The third-order valence-electron chi connectivity index (χ3n) is 4.32. The SMILES string of the molecule is COC1CCN(CC#CC2CC[NH+](C)CC2)CC1.[I-]. The first kappa shape index (κ1) is 17.2. The van der Waals surface area contributed by atoms with Gasteiger partial charge in [0.05, 0.1) is 32.8 Å². The number of rotatable bonds is 2. The molecule has 0 atom stereocenters. The molecule has 2 aliphatic rings. The third kappa shape index (κ3) is 5.99. The van der Waals surface area contributed by atoms with Crippen LogP contribution in [0.15, 0.2) is 0 Å². The number of quaternary nitrogens is 1. The van der Waals surface area contributed by atoms with Crippen LogP contribution in [-0.4, -0.2) is 57.9 Å². The van der Waals surface area contributed by atoms with E-state index in [-0.39, 0.29) is 24.0 Å². The Morgan fingerprint density at radius 1 is 1.16 bits per heavy atom. The molecule has 0 saturated carbocycles. The zero-order chi connectivity index (χ0) is 12.8. The van der Waals surface area contributed by atoms with E-state index in [0.717, 1.165) is 32.5 Å². The molecule has 2 rings (SSSR count). The van der Waals surface area contributed by atoms with Gasteiger partial charge in [-0.3, -0.25) is 4.90 Å². The fraction of sp³-hybridized carbons (Fsp3) is 0.867. The molecule has 0 aromatic rings. The number of piperidine rings is 2. The molecule has 110 valence electrons. The molecular weight excluding hydrogens is 351 g/mol. The summed E-state index contributed by atoms with van der Waals surface area (Å²) in [5, 5.41) is 0. The molecule has 19 heavy (non-hydrogen) atoms. The molecular formula is C15H27IN2O. The minimum Gasteiger partial charge on any atom is -1.00 e. The predicted molar refractivity (Wildman–Crippen MR) is 73.6 cm³/mol. The van der Waals surface area contributed by atoms with Crippen molar-refractivity contribution >= 4 is 0 Å². The number of hydrogen-bond acceptors (Lipinski definition) is 2. The van der Waals surface area contributed by atoms with Crippen LogP contribution in [0.1, 0.15) is 25.7 Å². The van der Waals surface area contributed by atoms with Crippen molar-refractivity contribution in [2.45, 2.75) is 31.8 Å². The van der Waals surface area contributed by atoms with Gasteiger partial charge < -0.3 is 33.6 Å². The van der Waals surface area contributed by atoms with E-state index >= 15 is 0 Å². The Kier molecular flexibility index (Phi) is 8.31. The minimum absolute atomic E-state index is 0. The topological polar surface area (TPSA) is 16.9 Å². The molecule has 3 nitrogen and oxygen atoms in total. The third-order valence-corrected chi connectivity index (χ3v) is 4.32. The summed E-state index contributed by atoms with van der Waals surface area (Å²) in [4.78, 5) is 4.12. The lowest BCUT2D eigenvalue weighted by molar-refractivity contribution is -0.885.